The third-order valence-electron chi connectivity index (χ3n) is 2.99. The topological polar surface area (TPSA) is 50.7 Å². The Balaban J connectivity index is 2.30. The summed E-state index contributed by atoms with van der Waals surface area (Å²) in [6, 6.07) is 9.99. The van der Waals surface area contributed by atoms with E-state index in [1.807, 2.05) is 44.2 Å². The average Bonchev–Trinajstić information content (AvgIpc) is 2.74. The van der Waals surface area contributed by atoms with Crippen LogP contribution in [0.15, 0.2) is 41.3 Å². The molecule has 2 heterocycles. The van der Waals surface area contributed by atoms with Crippen LogP contribution in [-0.2, 0) is 0 Å². The van der Waals surface area contributed by atoms with Crippen LogP contribution in [0.2, 0.25) is 0 Å². The van der Waals surface area contributed by atoms with E-state index >= 15 is 0 Å². The third kappa shape index (κ3) is 1.62. The molecule has 18 heavy (non-hydrogen) atoms. The number of aromatic amines is 1. The molecule has 0 saturated heterocycles. The van der Waals surface area contributed by atoms with E-state index in [0.29, 0.717) is 5.39 Å². The Morgan fingerprint density at radius 2 is 1.89 bits per heavy atom. The number of pyridine rings is 1. The number of nitrogens with one attached hydrogen (secondary N) is 1. The van der Waals surface area contributed by atoms with E-state index in [9.17, 15) is 4.79 Å². The molecule has 0 aliphatic heterocycles. The lowest BCUT2D eigenvalue weighted by Gasteiger charge is -2.04. The molecule has 1 aromatic carbocycles. The van der Waals surface area contributed by atoms with Crippen LogP contribution >= 0.6 is 0 Å². The van der Waals surface area contributed by atoms with E-state index in [4.69, 9.17) is 0 Å². The van der Waals surface area contributed by atoms with Crippen molar-refractivity contribution in [3.8, 4) is 5.69 Å². The SMILES string of the molecule is Cc1ccc(-n2ncc3c(=O)[nH]c(C)cc32)cc1. The zero-order chi connectivity index (χ0) is 12.7. The van der Waals surface area contributed by atoms with Crippen molar-refractivity contribution in [3.05, 3.63) is 58.1 Å². The van der Waals surface area contributed by atoms with E-state index in [1.165, 1.54) is 5.56 Å². The normalized spacial score (nSPS) is 11.0. The van der Waals surface area contributed by atoms with Crippen molar-refractivity contribution in [2.45, 2.75) is 13.8 Å². The minimum absolute atomic E-state index is 0.0941. The molecule has 4 heteroatoms. The molecule has 3 rings (SSSR count). The highest BCUT2D eigenvalue weighted by molar-refractivity contribution is 5.79. The van der Waals surface area contributed by atoms with Crippen molar-refractivity contribution in [1.82, 2.24) is 14.8 Å². The quantitative estimate of drug-likeness (QED) is 0.708. The second kappa shape index (κ2) is 3.84. The fraction of sp³-hybridized carbons (Fsp3) is 0.143. The molecule has 1 N–H and O–H groups in total. The predicted molar refractivity (Wildman–Crippen MR) is 71.2 cm³/mol. The maximum absolute atomic E-state index is 11.8. The number of benzene rings is 1. The minimum atomic E-state index is -0.0941. The second-order valence-electron chi connectivity index (χ2n) is 4.47. The summed E-state index contributed by atoms with van der Waals surface area (Å²) < 4.78 is 1.79. The lowest BCUT2D eigenvalue weighted by molar-refractivity contribution is 0.909. The van der Waals surface area contributed by atoms with Crippen molar-refractivity contribution < 1.29 is 0 Å². The Hall–Kier alpha value is -2.36. The molecule has 0 aliphatic carbocycles. The fourth-order valence-electron chi connectivity index (χ4n) is 2.05. The first-order valence-corrected chi connectivity index (χ1v) is 5.80. The van der Waals surface area contributed by atoms with Gasteiger partial charge >= 0.3 is 0 Å². The average molecular weight is 239 g/mol. The maximum atomic E-state index is 11.8. The first-order valence-electron chi connectivity index (χ1n) is 5.80. The molecule has 90 valence electrons. The summed E-state index contributed by atoms with van der Waals surface area (Å²) in [4.78, 5) is 14.6. The van der Waals surface area contributed by atoms with Gasteiger partial charge in [0.05, 0.1) is 22.8 Å². The molecule has 0 aliphatic rings. The van der Waals surface area contributed by atoms with Gasteiger partial charge in [0.25, 0.3) is 5.56 Å². The van der Waals surface area contributed by atoms with E-state index in [2.05, 4.69) is 10.1 Å². The highest BCUT2D eigenvalue weighted by Gasteiger charge is 2.08. The number of fused-ring (bicyclic) bond motifs is 1. The number of aromatic nitrogens is 3. The van der Waals surface area contributed by atoms with Crippen molar-refractivity contribution in [2.24, 2.45) is 0 Å². The van der Waals surface area contributed by atoms with Gasteiger partial charge in [-0.25, -0.2) is 4.68 Å². The summed E-state index contributed by atoms with van der Waals surface area (Å²) in [7, 11) is 0. The van der Waals surface area contributed by atoms with E-state index < -0.39 is 0 Å². The van der Waals surface area contributed by atoms with Crippen LogP contribution < -0.4 is 5.56 Å². The summed E-state index contributed by atoms with van der Waals surface area (Å²) in [5.74, 6) is 0. The van der Waals surface area contributed by atoms with Crippen LogP contribution in [0, 0.1) is 13.8 Å². The molecule has 0 fully saturated rings. The summed E-state index contributed by atoms with van der Waals surface area (Å²) in [5.41, 5.74) is 3.73. The Labute approximate surface area is 104 Å². The monoisotopic (exact) mass is 239 g/mol. The Morgan fingerprint density at radius 3 is 2.61 bits per heavy atom. The first kappa shape index (κ1) is 10.8. The molecular weight excluding hydrogens is 226 g/mol. The molecule has 0 radical (unpaired) electrons. The number of hydrogen-bond acceptors (Lipinski definition) is 2. The number of nitrogens with zero attached hydrogens (tertiary/aromatic N) is 2. The molecule has 0 unspecified atom stereocenters. The highest BCUT2D eigenvalue weighted by Crippen LogP contribution is 2.16. The highest BCUT2D eigenvalue weighted by atomic mass is 16.1. The molecule has 0 bridgehead atoms. The maximum Gasteiger partial charge on any atom is 0.259 e. The Bertz CT molecular complexity index is 766. The van der Waals surface area contributed by atoms with E-state index in [0.717, 1.165) is 16.9 Å². The summed E-state index contributed by atoms with van der Waals surface area (Å²) in [6.07, 6.45) is 1.60. The van der Waals surface area contributed by atoms with Gasteiger partial charge in [0.1, 0.15) is 0 Å². The standard InChI is InChI=1S/C14H13N3O/c1-9-3-5-11(6-4-9)17-13-7-10(2)16-14(18)12(13)8-15-17/h3-8H,1-2H3,(H,16,18). The summed E-state index contributed by atoms with van der Waals surface area (Å²) in [5, 5.41) is 4.91. The number of aryl methyl sites for hydroxylation is 2. The van der Waals surface area contributed by atoms with Crippen LogP contribution in [0.4, 0.5) is 0 Å². The number of hydrogen-bond donors (Lipinski definition) is 1. The summed E-state index contributed by atoms with van der Waals surface area (Å²) in [6.45, 7) is 3.91. The second-order valence-corrected chi connectivity index (χ2v) is 4.47. The first-order chi connectivity index (χ1) is 8.65. The zero-order valence-corrected chi connectivity index (χ0v) is 10.3. The number of H-pyrrole nitrogens is 1. The minimum Gasteiger partial charge on any atom is -0.326 e. The van der Waals surface area contributed by atoms with Crippen molar-refractivity contribution in [1.29, 1.82) is 0 Å². The lowest BCUT2D eigenvalue weighted by Crippen LogP contribution is -2.07. The Kier molecular flexibility index (Phi) is 2.30. The molecule has 0 atom stereocenters. The van der Waals surface area contributed by atoms with Gasteiger partial charge in [-0.05, 0) is 32.0 Å². The van der Waals surface area contributed by atoms with Gasteiger partial charge in [0, 0.05) is 5.69 Å². The number of rotatable bonds is 1. The van der Waals surface area contributed by atoms with Crippen LogP contribution in [0.3, 0.4) is 0 Å². The van der Waals surface area contributed by atoms with Crippen molar-refractivity contribution in [2.75, 3.05) is 0 Å². The van der Waals surface area contributed by atoms with Gasteiger partial charge in [-0.3, -0.25) is 4.79 Å². The molecule has 4 nitrogen and oxygen atoms in total. The van der Waals surface area contributed by atoms with Gasteiger partial charge in [0.2, 0.25) is 0 Å². The Morgan fingerprint density at radius 1 is 1.17 bits per heavy atom. The molecule has 0 saturated carbocycles. The van der Waals surface area contributed by atoms with Gasteiger partial charge in [-0.1, -0.05) is 17.7 Å². The largest absolute Gasteiger partial charge is 0.326 e. The smallest absolute Gasteiger partial charge is 0.259 e. The van der Waals surface area contributed by atoms with E-state index in [-0.39, 0.29) is 5.56 Å². The van der Waals surface area contributed by atoms with Crippen LogP contribution in [-0.4, -0.2) is 14.8 Å². The van der Waals surface area contributed by atoms with Crippen molar-refractivity contribution in [3.63, 3.8) is 0 Å². The van der Waals surface area contributed by atoms with E-state index in [1.54, 1.807) is 10.9 Å². The van der Waals surface area contributed by atoms with Gasteiger partial charge in [0.15, 0.2) is 0 Å². The molecule has 0 amide bonds. The van der Waals surface area contributed by atoms with Crippen molar-refractivity contribution >= 4 is 10.9 Å². The summed E-state index contributed by atoms with van der Waals surface area (Å²) >= 11 is 0. The molecule has 3 aromatic rings. The molecular formula is C14H13N3O. The van der Waals surface area contributed by atoms with Crippen LogP contribution in [0.5, 0.6) is 0 Å². The fourth-order valence-corrected chi connectivity index (χ4v) is 2.05. The molecule has 2 aromatic heterocycles. The zero-order valence-electron chi connectivity index (χ0n) is 10.3. The van der Waals surface area contributed by atoms with Gasteiger partial charge < -0.3 is 4.98 Å². The van der Waals surface area contributed by atoms with Gasteiger partial charge in [-0.2, -0.15) is 5.10 Å². The third-order valence-corrected chi connectivity index (χ3v) is 2.99. The van der Waals surface area contributed by atoms with Gasteiger partial charge in [-0.15, -0.1) is 0 Å². The molecule has 0 spiro atoms. The predicted octanol–water partition coefficient (Wildman–Crippen LogP) is 2.33. The van der Waals surface area contributed by atoms with Crippen LogP contribution in [0.25, 0.3) is 16.6 Å². The van der Waals surface area contributed by atoms with Crippen LogP contribution in [0.1, 0.15) is 11.3 Å². The lowest BCUT2D eigenvalue weighted by atomic mass is 10.2.